The van der Waals surface area contributed by atoms with Gasteiger partial charge in [0.1, 0.15) is 12.0 Å². The normalized spacial score (nSPS) is 13.8. The first-order valence-electron chi connectivity index (χ1n) is 6.19. The van der Waals surface area contributed by atoms with Gasteiger partial charge in [-0.05, 0) is 12.1 Å². The van der Waals surface area contributed by atoms with Crippen LogP contribution in [0.2, 0.25) is 0 Å². The number of hydrogen-bond acceptors (Lipinski definition) is 6. The van der Waals surface area contributed by atoms with Gasteiger partial charge in [-0.3, -0.25) is 10.1 Å². The van der Waals surface area contributed by atoms with Crippen molar-refractivity contribution in [1.29, 1.82) is 0 Å². The van der Waals surface area contributed by atoms with E-state index in [9.17, 15) is 14.9 Å². The SMILES string of the molecule is O=C(O)c1ccc([N+](=O)[O-])c(N2CCn3cnnc3C2)c1. The Kier molecular flexibility index (Phi) is 3.01. The smallest absolute Gasteiger partial charge is 0.335 e. The van der Waals surface area contributed by atoms with Gasteiger partial charge in [-0.2, -0.15) is 0 Å². The van der Waals surface area contributed by atoms with Crippen LogP contribution >= 0.6 is 0 Å². The number of benzene rings is 1. The molecular formula is C12H11N5O4. The van der Waals surface area contributed by atoms with E-state index < -0.39 is 10.9 Å². The summed E-state index contributed by atoms with van der Waals surface area (Å²) < 4.78 is 1.86. The maximum atomic E-state index is 11.1. The number of nitro benzene ring substituents is 1. The van der Waals surface area contributed by atoms with Crippen LogP contribution in [-0.2, 0) is 13.1 Å². The Morgan fingerprint density at radius 3 is 2.90 bits per heavy atom. The summed E-state index contributed by atoms with van der Waals surface area (Å²) >= 11 is 0. The largest absolute Gasteiger partial charge is 0.478 e. The molecule has 0 atom stereocenters. The minimum Gasteiger partial charge on any atom is -0.478 e. The summed E-state index contributed by atoms with van der Waals surface area (Å²) in [6, 6.07) is 3.78. The summed E-state index contributed by atoms with van der Waals surface area (Å²) in [5, 5.41) is 27.9. The van der Waals surface area contributed by atoms with Gasteiger partial charge in [0.05, 0.1) is 17.0 Å². The highest BCUT2D eigenvalue weighted by atomic mass is 16.6. The number of nitrogens with zero attached hydrogens (tertiary/aromatic N) is 5. The molecule has 0 spiro atoms. The van der Waals surface area contributed by atoms with Crippen molar-refractivity contribution in [2.45, 2.75) is 13.1 Å². The molecule has 21 heavy (non-hydrogen) atoms. The molecule has 9 nitrogen and oxygen atoms in total. The lowest BCUT2D eigenvalue weighted by Gasteiger charge is -2.28. The molecule has 0 saturated heterocycles. The topological polar surface area (TPSA) is 114 Å². The van der Waals surface area contributed by atoms with Crippen molar-refractivity contribution in [3.8, 4) is 0 Å². The molecule has 2 aromatic rings. The van der Waals surface area contributed by atoms with Crippen molar-refractivity contribution < 1.29 is 14.8 Å². The lowest BCUT2D eigenvalue weighted by atomic mass is 10.1. The maximum Gasteiger partial charge on any atom is 0.335 e. The Hall–Kier alpha value is -2.97. The van der Waals surface area contributed by atoms with Gasteiger partial charge in [-0.15, -0.1) is 10.2 Å². The van der Waals surface area contributed by atoms with E-state index in [1.165, 1.54) is 18.2 Å². The number of carboxylic acids is 1. The fourth-order valence-electron chi connectivity index (χ4n) is 2.34. The number of carbonyl (C=O) groups is 1. The van der Waals surface area contributed by atoms with Crippen LogP contribution in [0, 0.1) is 10.1 Å². The van der Waals surface area contributed by atoms with Crippen LogP contribution in [-0.4, -0.2) is 37.3 Å². The second-order valence-electron chi connectivity index (χ2n) is 4.63. The molecule has 1 aromatic heterocycles. The van der Waals surface area contributed by atoms with E-state index in [-0.39, 0.29) is 16.9 Å². The number of rotatable bonds is 3. The summed E-state index contributed by atoms with van der Waals surface area (Å²) in [6.45, 7) is 1.47. The highest BCUT2D eigenvalue weighted by Crippen LogP contribution is 2.31. The summed E-state index contributed by atoms with van der Waals surface area (Å²) in [7, 11) is 0. The molecule has 1 aliphatic rings. The quantitative estimate of drug-likeness (QED) is 0.659. The third-order valence-corrected chi connectivity index (χ3v) is 3.40. The zero-order chi connectivity index (χ0) is 15.0. The van der Waals surface area contributed by atoms with E-state index in [0.29, 0.717) is 25.5 Å². The lowest BCUT2D eigenvalue weighted by Crippen LogP contribution is -2.34. The first kappa shape index (κ1) is 13.0. The second kappa shape index (κ2) is 4.85. The molecule has 1 aliphatic heterocycles. The standard InChI is InChI=1S/C12H11N5O4/c18-12(19)8-1-2-9(17(20)21)10(5-8)15-3-4-16-7-13-14-11(16)6-15/h1-2,5,7H,3-4,6H2,(H,18,19). The van der Waals surface area contributed by atoms with E-state index in [1.54, 1.807) is 11.2 Å². The van der Waals surface area contributed by atoms with Gasteiger partial charge in [0.2, 0.25) is 0 Å². The van der Waals surface area contributed by atoms with Gasteiger partial charge < -0.3 is 14.6 Å². The Labute approximate surface area is 118 Å². The van der Waals surface area contributed by atoms with E-state index in [4.69, 9.17) is 5.11 Å². The molecule has 0 amide bonds. The number of fused-ring (bicyclic) bond motifs is 1. The average molecular weight is 289 g/mol. The Morgan fingerprint density at radius 1 is 1.38 bits per heavy atom. The van der Waals surface area contributed by atoms with Gasteiger partial charge >= 0.3 is 5.97 Å². The van der Waals surface area contributed by atoms with Crippen molar-refractivity contribution in [1.82, 2.24) is 14.8 Å². The molecule has 1 N–H and O–H groups in total. The molecule has 3 rings (SSSR count). The Bertz CT molecular complexity index is 726. The molecule has 1 aromatic carbocycles. The van der Waals surface area contributed by atoms with Crippen LogP contribution < -0.4 is 4.90 Å². The fraction of sp³-hybridized carbons (Fsp3) is 0.250. The van der Waals surface area contributed by atoms with Crippen LogP contribution in [0.1, 0.15) is 16.2 Å². The number of anilines is 1. The van der Waals surface area contributed by atoms with Gasteiger partial charge in [0, 0.05) is 19.2 Å². The van der Waals surface area contributed by atoms with Crippen molar-refractivity contribution >= 4 is 17.3 Å². The molecule has 0 saturated carbocycles. The van der Waals surface area contributed by atoms with Crippen LogP contribution in [0.3, 0.4) is 0 Å². The first-order valence-corrected chi connectivity index (χ1v) is 6.19. The highest BCUT2D eigenvalue weighted by Gasteiger charge is 2.25. The minimum absolute atomic E-state index is 0.0163. The lowest BCUT2D eigenvalue weighted by molar-refractivity contribution is -0.384. The van der Waals surface area contributed by atoms with Crippen LogP contribution in [0.4, 0.5) is 11.4 Å². The van der Waals surface area contributed by atoms with Crippen LogP contribution in [0.5, 0.6) is 0 Å². The Morgan fingerprint density at radius 2 is 2.19 bits per heavy atom. The van der Waals surface area contributed by atoms with Crippen molar-refractivity contribution in [3.63, 3.8) is 0 Å². The predicted molar refractivity (Wildman–Crippen MR) is 71.1 cm³/mol. The van der Waals surface area contributed by atoms with E-state index >= 15 is 0 Å². The number of aromatic nitrogens is 3. The van der Waals surface area contributed by atoms with Crippen LogP contribution in [0.25, 0.3) is 0 Å². The number of nitro groups is 1. The van der Waals surface area contributed by atoms with E-state index in [0.717, 1.165) is 0 Å². The maximum absolute atomic E-state index is 11.1. The molecule has 9 heteroatoms. The molecule has 0 aliphatic carbocycles. The molecule has 108 valence electrons. The molecule has 0 unspecified atom stereocenters. The first-order chi connectivity index (χ1) is 10.1. The van der Waals surface area contributed by atoms with Crippen molar-refractivity contribution in [3.05, 3.63) is 46.0 Å². The number of hydrogen-bond donors (Lipinski definition) is 1. The number of carboxylic acid groups (broad SMARTS) is 1. The molecule has 0 fully saturated rings. The molecular weight excluding hydrogens is 278 g/mol. The highest BCUT2D eigenvalue weighted by molar-refractivity contribution is 5.90. The van der Waals surface area contributed by atoms with Crippen molar-refractivity contribution in [2.75, 3.05) is 11.4 Å². The minimum atomic E-state index is -1.12. The zero-order valence-electron chi connectivity index (χ0n) is 10.8. The fourth-order valence-corrected chi connectivity index (χ4v) is 2.34. The second-order valence-corrected chi connectivity index (χ2v) is 4.63. The van der Waals surface area contributed by atoms with Gasteiger partial charge in [0.15, 0.2) is 5.82 Å². The monoisotopic (exact) mass is 289 g/mol. The van der Waals surface area contributed by atoms with Gasteiger partial charge in [-0.25, -0.2) is 4.79 Å². The zero-order valence-corrected chi connectivity index (χ0v) is 10.8. The van der Waals surface area contributed by atoms with E-state index in [1.807, 2.05) is 4.57 Å². The van der Waals surface area contributed by atoms with E-state index in [2.05, 4.69) is 10.2 Å². The summed E-state index contributed by atoms with van der Waals surface area (Å²) in [5.41, 5.74) is 0.185. The summed E-state index contributed by atoms with van der Waals surface area (Å²) in [6.07, 6.45) is 1.61. The van der Waals surface area contributed by atoms with Gasteiger partial charge in [0.25, 0.3) is 5.69 Å². The summed E-state index contributed by atoms with van der Waals surface area (Å²) in [4.78, 5) is 23.4. The predicted octanol–water partition coefficient (Wildman–Crippen LogP) is 0.905. The molecule has 0 bridgehead atoms. The van der Waals surface area contributed by atoms with Gasteiger partial charge in [-0.1, -0.05) is 0 Å². The Balaban J connectivity index is 2.02. The summed E-state index contributed by atoms with van der Waals surface area (Å²) in [5.74, 6) is -0.428. The van der Waals surface area contributed by atoms with Crippen molar-refractivity contribution in [2.24, 2.45) is 0 Å². The third-order valence-electron chi connectivity index (χ3n) is 3.40. The average Bonchev–Trinajstić information content (AvgIpc) is 2.93. The molecule has 2 heterocycles. The van der Waals surface area contributed by atoms with Crippen LogP contribution in [0.15, 0.2) is 24.5 Å². The molecule has 0 radical (unpaired) electrons. The third kappa shape index (κ3) is 2.29. The number of aromatic carboxylic acids is 1.